The van der Waals surface area contributed by atoms with Crippen molar-refractivity contribution in [1.29, 1.82) is 0 Å². The van der Waals surface area contributed by atoms with Crippen LogP contribution in [0.4, 0.5) is 0 Å². The number of likely N-dealkylation sites (tertiary alicyclic amines) is 1. The number of nitrogens with zero attached hydrogens (tertiary/aromatic N) is 1. The zero-order valence-electron chi connectivity index (χ0n) is 12.6. The Bertz CT molecular complexity index is 217. The Hall–Kier alpha value is -0.0800. The molecule has 0 saturated carbocycles. The first-order valence-corrected chi connectivity index (χ1v) is 7.56. The maximum absolute atomic E-state index is 3.63. The van der Waals surface area contributed by atoms with Crippen molar-refractivity contribution in [2.75, 3.05) is 19.6 Å². The number of rotatable bonds is 6. The molecule has 1 fully saturated rings. The van der Waals surface area contributed by atoms with Gasteiger partial charge in [-0.15, -0.1) is 0 Å². The summed E-state index contributed by atoms with van der Waals surface area (Å²) < 4.78 is 0. The SMILES string of the molecule is CCNC(C)C(C)(CC)N1CCCC(CC)C1. The molecule has 0 bridgehead atoms. The molecule has 0 spiro atoms. The standard InChI is InChI=1S/C15H32N2/c1-6-14-10-9-11-17(12-14)15(5,7-2)13(4)16-8-3/h13-14,16H,6-12H2,1-5H3. The van der Waals surface area contributed by atoms with Gasteiger partial charge in [-0.1, -0.05) is 27.2 Å². The van der Waals surface area contributed by atoms with Gasteiger partial charge in [-0.25, -0.2) is 0 Å². The largest absolute Gasteiger partial charge is 0.313 e. The van der Waals surface area contributed by atoms with Crippen LogP contribution in [0.3, 0.4) is 0 Å². The molecule has 1 aliphatic rings. The Morgan fingerprint density at radius 2 is 2.06 bits per heavy atom. The number of nitrogens with one attached hydrogen (secondary N) is 1. The molecule has 0 aromatic rings. The first-order chi connectivity index (χ1) is 8.08. The van der Waals surface area contributed by atoms with E-state index in [1.165, 1.54) is 38.8 Å². The van der Waals surface area contributed by atoms with E-state index in [1.807, 2.05) is 0 Å². The maximum Gasteiger partial charge on any atom is 0.0329 e. The third-order valence-corrected chi connectivity index (χ3v) is 4.98. The van der Waals surface area contributed by atoms with Crippen molar-refractivity contribution in [2.24, 2.45) is 5.92 Å². The highest BCUT2D eigenvalue weighted by Gasteiger charge is 2.37. The maximum atomic E-state index is 3.63. The van der Waals surface area contributed by atoms with Crippen LogP contribution in [0.2, 0.25) is 0 Å². The van der Waals surface area contributed by atoms with Crippen LogP contribution in [0.25, 0.3) is 0 Å². The van der Waals surface area contributed by atoms with E-state index >= 15 is 0 Å². The van der Waals surface area contributed by atoms with E-state index in [2.05, 4.69) is 44.8 Å². The minimum absolute atomic E-state index is 0.323. The average molecular weight is 240 g/mol. The fourth-order valence-corrected chi connectivity index (χ4v) is 3.19. The second kappa shape index (κ2) is 6.75. The van der Waals surface area contributed by atoms with E-state index in [0.717, 1.165) is 12.5 Å². The minimum Gasteiger partial charge on any atom is -0.313 e. The molecule has 1 heterocycles. The van der Waals surface area contributed by atoms with E-state index in [-0.39, 0.29) is 0 Å². The molecule has 0 aromatic heterocycles. The van der Waals surface area contributed by atoms with Gasteiger partial charge >= 0.3 is 0 Å². The van der Waals surface area contributed by atoms with Gasteiger partial charge in [0.1, 0.15) is 0 Å². The van der Waals surface area contributed by atoms with Gasteiger partial charge in [0.05, 0.1) is 0 Å². The van der Waals surface area contributed by atoms with E-state index in [9.17, 15) is 0 Å². The first kappa shape index (κ1) is 15.0. The van der Waals surface area contributed by atoms with Crippen molar-refractivity contribution >= 4 is 0 Å². The highest BCUT2D eigenvalue weighted by Crippen LogP contribution is 2.30. The summed E-state index contributed by atoms with van der Waals surface area (Å²) in [6.07, 6.45) is 5.39. The van der Waals surface area contributed by atoms with Gasteiger partial charge in [0.15, 0.2) is 0 Å². The van der Waals surface area contributed by atoms with Gasteiger partial charge in [-0.3, -0.25) is 4.90 Å². The molecule has 102 valence electrons. The molecule has 0 amide bonds. The molecular weight excluding hydrogens is 208 g/mol. The van der Waals surface area contributed by atoms with Crippen molar-refractivity contribution in [1.82, 2.24) is 10.2 Å². The Labute approximate surface area is 108 Å². The molecule has 0 aromatic carbocycles. The normalized spacial score (nSPS) is 27.7. The van der Waals surface area contributed by atoms with Gasteiger partial charge in [0, 0.05) is 18.1 Å². The molecule has 0 radical (unpaired) electrons. The van der Waals surface area contributed by atoms with E-state index in [0.29, 0.717) is 11.6 Å². The fourth-order valence-electron chi connectivity index (χ4n) is 3.19. The van der Waals surface area contributed by atoms with Crippen molar-refractivity contribution in [2.45, 2.75) is 71.9 Å². The smallest absolute Gasteiger partial charge is 0.0329 e. The Balaban J connectivity index is 2.70. The van der Waals surface area contributed by atoms with Crippen LogP contribution >= 0.6 is 0 Å². The Morgan fingerprint density at radius 1 is 1.35 bits per heavy atom. The minimum atomic E-state index is 0.323. The van der Waals surface area contributed by atoms with E-state index in [1.54, 1.807) is 0 Å². The van der Waals surface area contributed by atoms with Crippen molar-refractivity contribution in [3.63, 3.8) is 0 Å². The second-order valence-electron chi connectivity index (χ2n) is 5.85. The van der Waals surface area contributed by atoms with Crippen LogP contribution in [-0.4, -0.2) is 36.1 Å². The molecule has 1 saturated heterocycles. The topological polar surface area (TPSA) is 15.3 Å². The summed E-state index contributed by atoms with van der Waals surface area (Å²) in [5.41, 5.74) is 0.323. The van der Waals surface area contributed by atoms with Gasteiger partial charge < -0.3 is 5.32 Å². The van der Waals surface area contributed by atoms with Crippen LogP contribution in [-0.2, 0) is 0 Å². The van der Waals surface area contributed by atoms with Crippen LogP contribution in [0.5, 0.6) is 0 Å². The van der Waals surface area contributed by atoms with Crippen LogP contribution in [0.1, 0.15) is 60.3 Å². The Morgan fingerprint density at radius 3 is 2.59 bits per heavy atom. The van der Waals surface area contributed by atoms with Crippen LogP contribution < -0.4 is 5.32 Å². The summed E-state index contributed by atoms with van der Waals surface area (Å²) in [4.78, 5) is 2.75. The van der Waals surface area contributed by atoms with Crippen molar-refractivity contribution < 1.29 is 0 Å². The van der Waals surface area contributed by atoms with E-state index < -0.39 is 0 Å². The van der Waals surface area contributed by atoms with Gasteiger partial charge in [0.25, 0.3) is 0 Å². The van der Waals surface area contributed by atoms with Crippen molar-refractivity contribution in [3.05, 3.63) is 0 Å². The lowest BCUT2D eigenvalue weighted by Gasteiger charge is -2.49. The number of hydrogen-bond acceptors (Lipinski definition) is 2. The van der Waals surface area contributed by atoms with Crippen LogP contribution in [0, 0.1) is 5.92 Å². The van der Waals surface area contributed by atoms with Gasteiger partial charge in [-0.2, -0.15) is 0 Å². The summed E-state index contributed by atoms with van der Waals surface area (Å²) in [6, 6.07) is 0.577. The third-order valence-electron chi connectivity index (χ3n) is 4.98. The summed E-state index contributed by atoms with van der Waals surface area (Å²) in [6.45, 7) is 15.3. The molecule has 1 aliphatic heterocycles. The first-order valence-electron chi connectivity index (χ1n) is 7.56. The quantitative estimate of drug-likeness (QED) is 0.766. The lowest BCUT2D eigenvalue weighted by Crippen LogP contribution is -2.60. The van der Waals surface area contributed by atoms with Crippen LogP contribution in [0.15, 0.2) is 0 Å². The predicted octanol–water partition coefficient (Wildman–Crippen LogP) is 3.28. The monoisotopic (exact) mass is 240 g/mol. The predicted molar refractivity (Wildman–Crippen MR) is 76.4 cm³/mol. The highest BCUT2D eigenvalue weighted by atomic mass is 15.2. The molecule has 3 unspecified atom stereocenters. The molecule has 0 aliphatic carbocycles. The number of piperidine rings is 1. The van der Waals surface area contributed by atoms with E-state index in [4.69, 9.17) is 0 Å². The lowest BCUT2D eigenvalue weighted by molar-refractivity contribution is 0.0268. The fraction of sp³-hybridized carbons (Fsp3) is 1.00. The summed E-state index contributed by atoms with van der Waals surface area (Å²) in [5.74, 6) is 0.920. The summed E-state index contributed by atoms with van der Waals surface area (Å²) >= 11 is 0. The van der Waals surface area contributed by atoms with Gasteiger partial charge in [0.2, 0.25) is 0 Å². The highest BCUT2D eigenvalue weighted by molar-refractivity contribution is 4.95. The molecule has 1 rings (SSSR count). The Kier molecular flexibility index (Phi) is 5.94. The second-order valence-corrected chi connectivity index (χ2v) is 5.85. The molecule has 2 heteroatoms. The lowest BCUT2D eigenvalue weighted by atomic mass is 9.84. The third kappa shape index (κ3) is 3.45. The summed E-state index contributed by atoms with van der Waals surface area (Å²) in [5, 5.41) is 3.63. The average Bonchev–Trinajstić information content (AvgIpc) is 2.38. The zero-order chi connectivity index (χ0) is 12.9. The molecule has 17 heavy (non-hydrogen) atoms. The van der Waals surface area contributed by atoms with Crippen molar-refractivity contribution in [3.8, 4) is 0 Å². The molecule has 1 N–H and O–H groups in total. The molecule has 2 nitrogen and oxygen atoms in total. The summed E-state index contributed by atoms with van der Waals surface area (Å²) in [7, 11) is 0. The number of hydrogen-bond donors (Lipinski definition) is 1. The van der Waals surface area contributed by atoms with Gasteiger partial charge in [-0.05, 0) is 52.1 Å². The number of likely N-dealkylation sites (N-methyl/N-ethyl adjacent to an activating group) is 1. The molecular formula is C15H32N2. The molecule has 3 atom stereocenters. The zero-order valence-corrected chi connectivity index (χ0v) is 12.6.